The van der Waals surface area contributed by atoms with Gasteiger partial charge in [0.2, 0.25) is 0 Å². The van der Waals surface area contributed by atoms with Crippen LogP contribution in [0.5, 0.6) is 0 Å². The van der Waals surface area contributed by atoms with Gasteiger partial charge in [0.25, 0.3) is 0 Å². The molecule has 0 radical (unpaired) electrons. The summed E-state index contributed by atoms with van der Waals surface area (Å²) in [5.74, 6) is 0. The molecule has 11 heavy (non-hydrogen) atoms. The Morgan fingerprint density at radius 2 is 1.82 bits per heavy atom. The smallest absolute Gasteiger partial charge is 0.121 e. The highest BCUT2D eigenvalue weighted by Crippen LogP contribution is 2.30. The number of allylic oxidation sites excluding steroid dienone is 1. The zero-order valence-electron chi connectivity index (χ0n) is 6.67. The lowest BCUT2D eigenvalue weighted by atomic mass is 10.2. The topological polar surface area (TPSA) is 0 Å². The van der Waals surface area contributed by atoms with Crippen LogP contribution in [0.4, 0.5) is 0 Å². The SMILES string of the molecule is C=C(CCCCC)[Si](Cl)(Cl)Cl. The van der Waals surface area contributed by atoms with Gasteiger partial charge in [0.15, 0.2) is 0 Å². The van der Waals surface area contributed by atoms with E-state index in [0.29, 0.717) is 0 Å². The second kappa shape index (κ2) is 5.47. The summed E-state index contributed by atoms with van der Waals surface area (Å²) in [5.41, 5.74) is 0. The lowest BCUT2D eigenvalue weighted by Crippen LogP contribution is -2.13. The minimum absolute atomic E-state index is 0.830. The molecule has 0 aromatic rings. The van der Waals surface area contributed by atoms with Crippen molar-refractivity contribution in [3.8, 4) is 0 Å². The zero-order valence-corrected chi connectivity index (χ0v) is 9.94. The Morgan fingerprint density at radius 1 is 1.27 bits per heavy atom. The van der Waals surface area contributed by atoms with Crippen molar-refractivity contribution in [1.29, 1.82) is 0 Å². The summed E-state index contributed by atoms with van der Waals surface area (Å²) in [5, 5.41) is 0.830. The molecule has 0 fully saturated rings. The van der Waals surface area contributed by atoms with E-state index in [2.05, 4.69) is 13.5 Å². The van der Waals surface area contributed by atoms with Crippen LogP contribution < -0.4 is 0 Å². The third kappa shape index (κ3) is 6.03. The third-order valence-corrected chi connectivity index (χ3v) is 4.94. The number of rotatable bonds is 5. The quantitative estimate of drug-likeness (QED) is 0.376. The molecule has 0 aliphatic rings. The van der Waals surface area contributed by atoms with E-state index >= 15 is 0 Å². The third-order valence-electron chi connectivity index (χ3n) is 1.48. The van der Waals surface area contributed by atoms with Crippen molar-refractivity contribution in [3.63, 3.8) is 0 Å². The van der Waals surface area contributed by atoms with Gasteiger partial charge in [0.05, 0.1) is 0 Å². The van der Waals surface area contributed by atoms with E-state index in [1.807, 2.05) is 0 Å². The molecule has 0 aliphatic carbocycles. The molecule has 0 heterocycles. The summed E-state index contributed by atoms with van der Waals surface area (Å²) in [7, 11) is 0. The Morgan fingerprint density at radius 3 is 2.18 bits per heavy atom. The van der Waals surface area contributed by atoms with Gasteiger partial charge < -0.3 is 0 Å². The van der Waals surface area contributed by atoms with Crippen LogP contribution in [0.1, 0.15) is 32.6 Å². The van der Waals surface area contributed by atoms with Crippen molar-refractivity contribution >= 4 is 39.2 Å². The molecule has 0 rings (SSSR count). The Bertz CT molecular complexity index is 128. The highest BCUT2D eigenvalue weighted by Gasteiger charge is 2.28. The molecule has 0 aromatic carbocycles. The van der Waals surface area contributed by atoms with Crippen LogP contribution in [0.2, 0.25) is 0 Å². The van der Waals surface area contributed by atoms with E-state index in [-0.39, 0.29) is 0 Å². The molecular weight excluding hydrogens is 219 g/mol. The summed E-state index contributed by atoms with van der Waals surface area (Å²) >= 11 is 17.2. The van der Waals surface area contributed by atoms with Crippen molar-refractivity contribution in [1.82, 2.24) is 0 Å². The van der Waals surface area contributed by atoms with Crippen molar-refractivity contribution in [2.24, 2.45) is 0 Å². The standard InChI is InChI=1S/C7H13Cl3Si/c1-3-4-5-6-7(2)11(8,9)10/h2-6H2,1H3. The van der Waals surface area contributed by atoms with Gasteiger partial charge in [-0.15, -0.1) is 39.8 Å². The Hall–Kier alpha value is 0.827. The van der Waals surface area contributed by atoms with Crippen molar-refractivity contribution in [2.45, 2.75) is 32.6 Å². The van der Waals surface area contributed by atoms with Crippen LogP contribution in [0, 0.1) is 0 Å². The van der Waals surface area contributed by atoms with Crippen molar-refractivity contribution in [3.05, 3.63) is 11.8 Å². The lowest BCUT2D eigenvalue weighted by molar-refractivity contribution is 0.725. The Kier molecular flexibility index (Phi) is 5.88. The number of hydrogen-bond donors (Lipinski definition) is 0. The zero-order chi connectivity index (χ0) is 8.91. The van der Waals surface area contributed by atoms with E-state index in [0.717, 1.165) is 18.0 Å². The molecule has 0 aromatic heterocycles. The van der Waals surface area contributed by atoms with Gasteiger partial charge in [-0.05, 0) is 18.0 Å². The van der Waals surface area contributed by atoms with Crippen LogP contribution in [0.3, 0.4) is 0 Å². The van der Waals surface area contributed by atoms with Gasteiger partial charge in [-0.1, -0.05) is 19.8 Å². The first-order valence-corrected chi connectivity index (χ1v) is 8.77. The van der Waals surface area contributed by atoms with Crippen LogP contribution in [0.15, 0.2) is 11.8 Å². The summed E-state index contributed by atoms with van der Waals surface area (Å²) in [6.45, 7) is 5.91. The largest absolute Gasteiger partial charge is 0.368 e. The van der Waals surface area contributed by atoms with Crippen molar-refractivity contribution < 1.29 is 0 Å². The van der Waals surface area contributed by atoms with Gasteiger partial charge in [-0.25, -0.2) is 0 Å². The van der Waals surface area contributed by atoms with E-state index in [1.165, 1.54) is 12.8 Å². The summed E-state index contributed by atoms with van der Waals surface area (Å²) in [6, 6.07) is -2.59. The first kappa shape index (κ1) is 11.8. The van der Waals surface area contributed by atoms with E-state index in [1.54, 1.807) is 0 Å². The monoisotopic (exact) mass is 230 g/mol. The summed E-state index contributed by atoms with van der Waals surface area (Å²) in [4.78, 5) is 0. The molecule has 0 aliphatic heterocycles. The molecule has 0 N–H and O–H groups in total. The molecule has 0 saturated heterocycles. The highest BCUT2D eigenvalue weighted by molar-refractivity contribution is 7.67. The van der Waals surface area contributed by atoms with Crippen LogP contribution in [-0.2, 0) is 0 Å². The van der Waals surface area contributed by atoms with Gasteiger partial charge in [0, 0.05) is 0 Å². The lowest BCUT2D eigenvalue weighted by Gasteiger charge is -2.10. The highest BCUT2D eigenvalue weighted by atomic mass is 35.8. The van der Waals surface area contributed by atoms with E-state index in [9.17, 15) is 0 Å². The Labute approximate surface area is 83.6 Å². The molecule has 0 saturated carbocycles. The van der Waals surface area contributed by atoms with E-state index < -0.39 is 6.00 Å². The van der Waals surface area contributed by atoms with Gasteiger partial charge in [-0.2, -0.15) is 0 Å². The second-order valence-corrected chi connectivity index (χ2v) is 11.1. The first-order chi connectivity index (χ1) is 4.98. The van der Waals surface area contributed by atoms with Crippen molar-refractivity contribution in [2.75, 3.05) is 0 Å². The number of halogens is 3. The van der Waals surface area contributed by atoms with Crippen LogP contribution in [0.25, 0.3) is 0 Å². The van der Waals surface area contributed by atoms with E-state index in [4.69, 9.17) is 33.2 Å². The fourth-order valence-corrected chi connectivity index (χ4v) is 2.04. The maximum atomic E-state index is 5.73. The summed E-state index contributed by atoms with van der Waals surface area (Å²) < 4.78 is 0. The first-order valence-electron chi connectivity index (χ1n) is 3.73. The predicted octanol–water partition coefficient (Wildman–Crippen LogP) is 4.32. The van der Waals surface area contributed by atoms with Gasteiger partial charge in [0.1, 0.15) is 0 Å². The minimum atomic E-state index is -2.59. The Balaban J connectivity index is 3.54. The molecule has 0 amide bonds. The minimum Gasteiger partial charge on any atom is -0.121 e. The predicted molar refractivity (Wildman–Crippen MR) is 56.6 cm³/mol. The fourth-order valence-electron chi connectivity index (χ4n) is 0.730. The number of unbranched alkanes of at least 4 members (excludes halogenated alkanes) is 2. The molecule has 4 heteroatoms. The molecule has 0 atom stereocenters. The van der Waals surface area contributed by atoms with Crippen LogP contribution in [-0.4, -0.2) is 6.00 Å². The fraction of sp³-hybridized carbons (Fsp3) is 0.714. The molecule has 0 bridgehead atoms. The molecular formula is C7H13Cl3Si. The van der Waals surface area contributed by atoms with Crippen LogP contribution >= 0.6 is 33.2 Å². The average Bonchev–Trinajstić information content (AvgIpc) is 1.86. The molecule has 0 spiro atoms. The molecule has 0 unspecified atom stereocenters. The van der Waals surface area contributed by atoms with Gasteiger partial charge >= 0.3 is 6.00 Å². The summed E-state index contributed by atoms with van der Waals surface area (Å²) in [6.07, 6.45) is 4.34. The second-order valence-electron chi connectivity index (χ2n) is 2.56. The normalized spacial score (nSPS) is 11.6. The number of hydrogen-bond acceptors (Lipinski definition) is 0. The molecule has 66 valence electrons. The van der Waals surface area contributed by atoms with Gasteiger partial charge in [-0.3, -0.25) is 0 Å². The maximum Gasteiger partial charge on any atom is 0.368 e. The maximum absolute atomic E-state index is 5.73. The molecule has 0 nitrogen and oxygen atoms in total. The average molecular weight is 232 g/mol.